The summed E-state index contributed by atoms with van der Waals surface area (Å²) >= 11 is 0. The van der Waals surface area contributed by atoms with Crippen molar-refractivity contribution in [2.45, 2.75) is 6.42 Å². The highest BCUT2D eigenvalue weighted by Gasteiger charge is 2.36. The van der Waals surface area contributed by atoms with Gasteiger partial charge in [-0.2, -0.15) is 0 Å². The van der Waals surface area contributed by atoms with Crippen LogP contribution in [0.4, 0.5) is 14.5 Å². The zero-order chi connectivity index (χ0) is 13.3. The molecule has 1 amide bonds. The summed E-state index contributed by atoms with van der Waals surface area (Å²) in [6, 6.07) is 2.95. The number of hydrogen-bond donors (Lipinski definition) is 0. The van der Waals surface area contributed by atoms with Crippen LogP contribution in [-0.2, 0) is 14.3 Å². The number of nitrogens with zero attached hydrogens (tertiary/aromatic N) is 1. The quantitative estimate of drug-likeness (QED) is 0.752. The van der Waals surface area contributed by atoms with Gasteiger partial charge in [0.25, 0.3) is 0 Å². The van der Waals surface area contributed by atoms with Gasteiger partial charge in [0.2, 0.25) is 5.91 Å². The third-order valence-corrected chi connectivity index (χ3v) is 2.86. The smallest absolute Gasteiger partial charge is 0.311 e. The van der Waals surface area contributed by atoms with Gasteiger partial charge in [0.15, 0.2) is 0 Å². The molecule has 1 heterocycles. The lowest BCUT2D eigenvalue weighted by Gasteiger charge is -2.17. The summed E-state index contributed by atoms with van der Waals surface area (Å²) in [5.41, 5.74) is -0.0206. The van der Waals surface area contributed by atoms with Crippen LogP contribution in [0.25, 0.3) is 0 Å². The van der Waals surface area contributed by atoms with Crippen LogP contribution in [0.15, 0.2) is 18.2 Å². The van der Waals surface area contributed by atoms with Crippen LogP contribution in [0.1, 0.15) is 6.42 Å². The number of amides is 1. The molecule has 1 aliphatic heterocycles. The number of hydrogen-bond acceptors (Lipinski definition) is 3. The maximum absolute atomic E-state index is 13.5. The molecule has 0 N–H and O–H groups in total. The fourth-order valence-corrected chi connectivity index (χ4v) is 1.97. The van der Waals surface area contributed by atoms with Crippen molar-refractivity contribution in [3.8, 4) is 0 Å². The van der Waals surface area contributed by atoms with Crippen molar-refractivity contribution in [1.29, 1.82) is 0 Å². The average Bonchev–Trinajstić information content (AvgIpc) is 2.70. The van der Waals surface area contributed by atoms with Gasteiger partial charge in [-0.1, -0.05) is 0 Å². The molecule has 96 valence electrons. The van der Waals surface area contributed by atoms with E-state index in [0.29, 0.717) is 6.07 Å². The first-order valence-electron chi connectivity index (χ1n) is 5.36. The molecule has 4 nitrogen and oxygen atoms in total. The fourth-order valence-electron chi connectivity index (χ4n) is 1.97. The molecular formula is C12H11F2NO3. The summed E-state index contributed by atoms with van der Waals surface area (Å²) < 4.78 is 30.9. The van der Waals surface area contributed by atoms with Gasteiger partial charge in [-0.3, -0.25) is 9.59 Å². The normalized spacial score (nSPS) is 19.2. The van der Waals surface area contributed by atoms with E-state index >= 15 is 0 Å². The molecule has 0 aliphatic carbocycles. The van der Waals surface area contributed by atoms with Crippen LogP contribution in [0.3, 0.4) is 0 Å². The van der Waals surface area contributed by atoms with Crippen molar-refractivity contribution in [2.75, 3.05) is 18.6 Å². The van der Waals surface area contributed by atoms with Gasteiger partial charge >= 0.3 is 5.97 Å². The van der Waals surface area contributed by atoms with Crippen LogP contribution in [0, 0.1) is 17.6 Å². The van der Waals surface area contributed by atoms with E-state index in [2.05, 4.69) is 4.74 Å². The van der Waals surface area contributed by atoms with Gasteiger partial charge in [-0.25, -0.2) is 8.78 Å². The molecule has 0 saturated carbocycles. The highest BCUT2D eigenvalue weighted by Crippen LogP contribution is 2.28. The number of ether oxygens (including phenoxy) is 1. The van der Waals surface area contributed by atoms with Crippen LogP contribution in [0.2, 0.25) is 0 Å². The second-order valence-electron chi connectivity index (χ2n) is 4.02. The van der Waals surface area contributed by atoms with Crippen molar-refractivity contribution < 1.29 is 23.1 Å². The zero-order valence-corrected chi connectivity index (χ0v) is 9.65. The minimum absolute atomic E-state index is 0.0206. The predicted octanol–water partition coefficient (Wildman–Crippen LogP) is 1.49. The maximum atomic E-state index is 13.5. The Bertz CT molecular complexity index is 504. The molecule has 0 radical (unpaired) electrons. The second kappa shape index (κ2) is 4.72. The summed E-state index contributed by atoms with van der Waals surface area (Å²) in [6.07, 6.45) is -0.0243. The molecule has 6 heteroatoms. The van der Waals surface area contributed by atoms with Gasteiger partial charge in [-0.05, 0) is 12.1 Å². The van der Waals surface area contributed by atoms with Crippen LogP contribution in [-0.4, -0.2) is 25.5 Å². The second-order valence-corrected chi connectivity index (χ2v) is 4.02. The molecule has 0 bridgehead atoms. The van der Waals surface area contributed by atoms with E-state index in [4.69, 9.17) is 0 Å². The number of halogens is 2. The first kappa shape index (κ1) is 12.5. The Labute approximate surface area is 102 Å². The van der Waals surface area contributed by atoms with Gasteiger partial charge in [-0.15, -0.1) is 0 Å². The standard InChI is InChI=1S/C12H11F2NO3/c1-18-12(17)7-4-11(16)15(6-7)10-3-2-8(13)5-9(10)14/h2-3,5,7H,4,6H2,1H3/t7-/m0/s1. The molecule has 18 heavy (non-hydrogen) atoms. The molecule has 1 aliphatic rings. The van der Waals surface area contributed by atoms with Crippen molar-refractivity contribution in [1.82, 2.24) is 0 Å². The lowest BCUT2D eigenvalue weighted by atomic mass is 10.1. The summed E-state index contributed by atoms with van der Waals surface area (Å²) in [5.74, 6) is -3.03. The Balaban J connectivity index is 2.24. The number of rotatable bonds is 2. The number of benzene rings is 1. The zero-order valence-electron chi connectivity index (χ0n) is 9.65. The van der Waals surface area contributed by atoms with E-state index in [1.54, 1.807) is 0 Å². The summed E-state index contributed by atoms with van der Waals surface area (Å²) in [5, 5.41) is 0. The molecule has 1 fully saturated rings. The largest absolute Gasteiger partial charge is 0.469 e. The number of carbonyl (C=O) groups excluding carboxylic acids is 2. The van der Waals surface area contributed by atoms with E-state index in [1.165, 1.54) is 13.2 Å². The lowest BCUT2D eigenvalue weighted by molar-refractivity contribution is -0.145. The van der Waals surface area contributed by atoms with Gasteiger partial charge in [0, 0.05) is 19.0 Å². The Morgan fingerprint density at radius 2 is 2.17 bits per heavy atom. The van der Waals surface area contributed by atoms with Crippen molar-refractivity contribution in [3.05, 3.63) is 29.8 Å². The third kappa shape index (κ3) is 2.18. The SMILES string of the molecule is COC(=O)[C@H]1CC(=O)N(c2ccc(F)cc2F)C1. The highest BCUT2D eigenvalue weighted by molar-refractivity contribution is 5.99. The highest BCUT2D eigenvalue weighted by atomic mass is 19.1. The average molecular weight is 255 g/mol. The van der Waals surface area contributed by atoms with E-state index in [9.17, 15) is 18.4 Å². The Hall–Kier alpha value is -1.98. The van der Waals surface area contributed by atoms with Crippen LogP contribution in [0.5, 0.6) is 0 Å². The predicted molar refractivity (Wildman–Crippen MR) is 58.8 cm³/mol. The van der Waals surface area contributed by atoms with Crippen molar-refractivity contribution >= 4 is 17.6 Å². The topological polar surface area (TPSA) is 46.6 Å². The molecule has 0 unspecified atom stereocenters. The molecule has 1 aromatic carbocycles. The van der Waals surface area contributed by atoms with E-state index < -0.39 is 23.5 Å². The Morgan fingerprint density at radius 1 is 1.44 bits per heavy atom. The van der Waals surface area contributed by atoms with E-state index in [-0.39, 0.29) is 24.6 Å². The number of carbonyl (C=O) groups is 2. The molecule has 2 rings (SSSR count). The molecular weight excluding hydrogens is 244 g/mol. The summed E-state index contributed by atoms with van der Waals surface area (Å²) in [6.45, 7) is 0.0497. The first-order chi connectivity index (χ1) is 8.52. The fraction of sp³-hybridized carbons (Fsp3) is 0.333. The van der Waals surface area contributed by atoms with Crippen LogP contribution >= 0.6 is 0 Å². The number of esters is 1. The molecule has 0 aromatic heterocycles. The van der Waals surface area contributed by atoms with Crippen molar-refractivity contribution in [2.24, 2.45) is 5.92 Å². The first-order valence-corrected chi connectivity index (χ1v) is 5.36. The van der Waals surface area contributed by atoms with Crippen LogP contribution < -0.4 is 4.90 Å². The molecule has 0 spiro atoms. The lowest BCUT2D eigenvalue weighted by Crippen LogP contribution is -2.27. The van der Waals surface area contributed by atoms with Gasteiger partial charge in [0.05, 0.1) is 18.7 Å². The number of anilines is 1. The third-order valence-electron chi connectivity index (χ3n) is 2.86. The Kier molecular flexibility index (Phi) is 3.27. The minimum atomic E-state index is -0.825. The Morgan fingerprint density at radius 3 is 2.78 bits per heavy atom. The van der Waals surface area contributed by atoms with E-state index in [0.717, 1.165) is 11.0 Å². The monoisotopic (exact) mass is 255 g/mol. The molecule has 1 saturated heterocycles. The number of methoxy groups -OCH3 is 1. The van der Waals surface area contributed by atoms with Gasteiger partial charge in [0.1, 0.15) is 11.6 Å². The summed E-state index contributed by atoms with van der Waals surface area (Å²) in [4.78, 5) is 24.2. The minimum Gasteiger partial charge on any atom is -0.469 e. The maximum Gasteiger partial charge on any atom is 0.311 e. The van der Waals surface area contributed by atoms with Gasteiger partial charge < -0.3 is 9.64 Å². The van der Waals surface area contributed by atoms with Crippen molar-refractivity contribution in [3.63, 3.8) is 0 Å². The summed E-state index contributed by atoms with van der Waals surface area (Å²) in [7, 11) is 1.23. The molecule has 1 aromatic rings. The molecule has 1 atom stereocenters. The van der Waals surface area contributed by atoms with E-state index in [1.807, 2.05) is 0 Å².